The maximum Gasteiger partial charge on any atom is 0.341 e. The third-order valence-electron chi connectivity index (χ3n) is 6.97. The van der Waals surface area contributed by atoms with Crippen molar-refractivity contribution >= 4 is 39.8 Å². The molecular weight excluding hydrogens is 411 g/mol. The van der Waals surface area contributed by atoms with Gasteiger partial charge in [0.05, 0.1) is 27.3 Å². The van der Waals surface area contributed by atoms with Crippen molar-refractivity contribution in [2.45, 2.75) is 37.8 Å². The van der Waals surface area contributed by atoms with Crippen molar-refractivity contribution in [3.63, 3.8) is 0 Å². The van der Waals surface area contributed by atoms with E-state index in [0.29, 0.717) is 18.6 Å². The molecule has 2 aliphatic carbocycles. The Kier molecular flexibility index (Phi) is 4.15. The fourth-order valence-corrected chi connectivity index (χ4v) is 5.50. The standard InChI is InChI=1S/C21H24ClFN4O3/c1-25(2)12-8-26(9-21(12)5-6-21)18-14(22)17-13(16(24)15(18)23)19(28)11(20(29)30)7-27(17)10-3-4-10/h7,10,12H,3-6,8-9,24H2,1-2H3,(H,29,30). The van der Waals surface area contributed by atoms with Crippen molar-refractivity contribution in [2.75, 3.05) is 37.8 Å². The van der Waals surface area contributed by atoms with Crippen LogP contribution < -0.4 is 16.1 Å². The molecule has 1 aromatic carbocycles. The zero-order chi connectivity index (χ0) is 21.5. The highest BCUT2D eigenvalue weighted by molar-refractivity contribution is 6.38. The van der Waals surface area contributed by atoms with Gasteiger partial charge in [-0.05, 0) is 39.8 Å². The first-order valence-electron chi connectivity index (χ1n) is 10.2. The van der Waals surface area contributed by atoms with Crippen LogP contribution in [-0.4, -0.2) is 53.8 Å². The summed E-state index contributed by atoms with van der Waals surface area (Å²) in [4.78, 5) is 28.6. The van der Waals surface area contributed by atoms with Gasteiger partial charge in [0, 0.05) is 36.8 Å². The molecule has 5 rings (SSSR count). The van der Waals surface area contributed by atoms with Crippen molar-refractivity contribution in [1.29, 1.82) is 0 Å². The Morgan fingerprint density at radius 1 is 1.37 bits per heavy atom. The third-order valence-corrected chi connectivity index (χ3v) is 7.33. The zero-order valence-corrected chi connectivity index (χ0v) is 17.7. The van der Waals surface area contributed by atoms with E-state index in [2.05, 4.69) is 4.90 Å². The van der Waals surface area contributed by atoms with E-state index in [1.54, 1.807) is 4.57 Å². The molecule has 0 bridgehead atoms. The van der Waals surface area contributed by atoms with E-state index in [-0.39, 0.29) is 39.3 Å². The predicted molar refractivity (Wildman–Crippen MR) is 114 cm³/mol. The van der Waals surface area contributed by atoms with Crippen molar-refractivity contribution in [3.8, 4) is 0 Å². The summed E-state index contributed by atoms with van der Waals surface area (Å²) in [5, 5.41) is 9.45. The highest BCUT2D eigenvalue weighted by atomic mass is 35.5. The number of nitrogen functional groups attached to an aromatic ring is 1. The first-order chi connectivity index (χ1) is 14.2. The van der Waals surface area contributed by atoms with Gasteiger partial charge in [-0.2, -0.15) is 0 Å². The average molecular weight is 435 g/mol. The minimum absolute atomic E-state index is 0.0317. The number of aromatic carboxylic acids is 1. The molecule has 0 amide bonds. The molecule has 30 heavy (non-hydrogen) atoms. The van der Waals surface area contributed by atoms with Gasteiger partial charge in [-0.3, -0.25) is 4.79 Å². The molecule has 3 aliphatic rings. The number of carboxylic acid groups (broad SMARTS) is 1. The lowest BCUT2D eigenvalue weighted by atomic mass is 10.0. The number of hydrogen-bond acceptors (Lipinski definition) is 5. The quantitative estimate of drug-likeness (QED) is 0.719. The molecule has 2 saturated carbocycles. The first-order valence-corrected chi connectivity index (χ1v) is 10.5. The molecule has 0 radical (unpaired) electrons. The molecule has 160 valence electrons. The topological polar surface area (TPSA) is 91.8 Å². The van der Waals surface area contributed by atoms with Gasteiger partial charge >= 0.3 is 5.97 Å². The lowest BCUT2D eigenvalue weighted by molar-refractivity contribution is 0.0695. The van der Waals surface area contributed by atoms with E-state index in [4.69, 9.17) is 17.3 Å². The highest BCUT2D eigenvalue weighted by Crippen LogP contribution is 2.56. The van der Waals surface area contributed by atoms with Gasteiger partial charge in [-0.25, -0.2) is 9.18 Å². The Morgan fingerprint density at radius 3 is 2.53 bits per heavy atom. The van der Waals surface area contributed by atoms with Gasteiger partial charge in [0.25, 0.3) is 0 Å². The molecule has 1 aromatic heterocycles. The number of hydrogen-bond donors (Lipinski definition) is 2. The number of benzene rings is 1. The number of halogens is 2. The zero-order valence-electron chi connectivity index (χ0n) is 16.9. The summed E-state index contributed by atoms with van der Waals surface area (Å²) < 4.78 is 17.2. The molecule has 1 atom stereocenters. The summed E-state index contributed by atoms with van der Waals surface area (Å²) in [6, 6.07) is 0.314. The Morgan fingerprint density at radius 2 is 2.03 bits per heavy atom. The minimum atomic E-state index is -1.36. The monoisotopic (exact) mass is 434 g/mol. The number of pyridine rings is 1. The van der Waals surface area contributed by atoms with Crippen LogP contribution in [0.1, 0.15) is 42.1 Å². The Balaban J connectivity index is 1.76. The maximum absolute atomic E-state index is 15.5. The molecule has 9 heteroatoms. The minimum Gasteiger partial charge on any atom is -0.477 e. The van der Waals surface area contributed by atoms with E-state index in [0.717, 1.165) is 25.7 Å². The van der Waals surface area contributed by atoms with E-state index in [1.807, 2.05) is 19.0 Å². The number of rotatable bonds is 4. The van der Waals surface area contributed by atoms with Crippen molar-refractivity contribution in [3.05, 3.63) is 32.8 Å². The largest absolute Gasteiger partial charge is 0.477 e. The van der Waals surface area contributed by atoms with Crippen molar-refractivity contribution in [2.24, 2.45) is 5.41 Å². The number of likely N-dealkylation sites (N-methyl/N-ethyl adjacent to an activating group) is 1. The van der Waals surface area contributed by atoms with Crippen LogP contribution in [0, 0.1) is 11.2 Å². The number of fused-ring (bicyclic) bond motifs is 1. The number of carboxylic acids is 1. The molecule has 1 aliphatic heterocycles. The van der Waals surface area contributed by atoms with E-state index in [9.17, 15) is 14.7 Å². The third kappa shape index (κ3) is 2.66. The molecule has 7 nitrogen and oxygen atoms in total. The Labute approximate surface area is 177 Å². The first kappa shape index (κ1) is 19.6. The number of nitrogens with zero attached hydrogens (tertiary/aromatic N) is 3. The van der Waals surface area contributed by atoms with Gasteiger partial charge in [-0.15, -0.1) is 0 Å². The maximum atomic E-state index is 15.5. The van der Waals surface area contributed by atoms with Crippen LogP contribution in [-0.2, 0) is 0 Å². The lowest BCUT2D eigenvalue weighted by Crippen LogP contribution is -2.36. The molecule has 3 fully saturated rings. The van der Waals surface area contributed by atoms with Crippen LogP contribution in [0.25, 0.3) is 10.9 Å². The highest BCUT2D eigenvalue weighted by Gasteiger charge is 2.56. The van der Waals surface area contributed by atoms with Crippen LogP contribution >= 0.6 is 11.6 Å². The Hall–Kier alpha value is -2.32. The molecule has 2 heterocycles. The smallest absolute Gasteiger partial charge is 0.341 e. The summed E-state index contributed by atoms with van der Waals surface area (Å²) in [5.41, 5.74) is 5.25. The van der Waals surface area contributed by atoms with Crippen LogP contribution in [0.5, 0.6) is 0 Å². The number of carbonyl (C=O) groups is 1. The van der Waals surface area contributed by atoms with E-state index < -0.39 is 22.8 Å². The number of aromatic nitrogens is 1. The SMILES string of the molecule is CN(C)C1CN(c2c(F)c(N)c3c(=O)c(C(=O)O)cn(C4CC4)c3c2Cl)CC12CC2. The van der Waals surface area contributed by atoms with Crippen molar-refractivity contribution in [1.82, 2.24) is 9.47 Å². The summed E-state index contributed by atoms with van der Waals surface area (Å²) in [6.45, 7) is 1.30. The van der Waals surface area contributed by atoms with Gasteiger partial charge in [0.15, 0.2) is 5.82 Å². The van der Waals surface area contributed by atoms with Crippen LogP contribution in [0.15, 0.2) is 11.0 Å². The molecule has 1 spiro atoms. The second-order valence-corrected chi connectivity index (χ2v) is 9.53. The van der Waals surface area contributed by atoms with E-state index >= 15 is 4.39 Å². The van der Waals surface area contributed by atoms with Gasteiger partial charge in [-0.1, -0.05) is 11.6 Å². The van der Waals surface area contributed by atoms with Crippen LogP contribution in [0.4, 0.5) is 15.8 Å². The second-order valence-electron chi connectivity index (χ2n) is 9.15. The summed E-state index contributed by atoms with van der Waals surface area (Å²) in [5.74, 6) is -2.11. The second kappa shape index (κ2) is 6.34. The normalized spacial score (nSPS) is 22.4. The van der Waals surface area contributed by atoms with Gasteiger partial charge in [0.2, 0.25) is 5.43 Å². The van der Waals surface area contributed by atoms with Crippen LogP contribution in [0.3, 0.4) is 0 Å². The molecule has 1 saturated heterocycles. The molecule has 3 N–H and O–H groups in total. The average Bonchev–Trinajstić information content (AvgIpc) is 3.58. The van der Waals surface area contributed by atoms with Crippen molar-refractivity contribution < 1.29 is 14.3 Å². The summed E-state index contributed by atoms with van der Waals surface area (Å²) >= 11 is 6.76. The molecule has 2 aromatic rings. The fraction of sp³-hybridized carbons (Fsp3) is 0.524. The van der Waals surface area contributed by atoms with Gasteiger partial charge in [0.1, 0.15) is 5.56 Å². The summed E-state index contributed by atoms with van der Waals surface area (Å²) in [6.07, 6.45) is 5.18. The van der Waals surface area contributed by atoms with Gasteiger partial charge < -0.3 is 25.2 Å². The van der Waals surface area contributed by atoms with Crippen LogP contribution in [0.2, 0.25) is 5.02 Å². The number of anilines is 2. The fourth-order valence-electron chi connectivity index (χ4n) is 5.11. The summed E-state index contributed by atoms with van der Waals surface area (Å²) in [7, 11) is 4.05. The number of nitrogens with two attached hydrogens (primary N) is 1. The lowest BCUT2D eigenvalue weighted by Gasteiger charge is -2.26. The Bertz CT molecular complexity index is 1150. The van der Waals surface area contributed by atoms with E-state index in [1.165, 1.54) is 6.20 Å². The predicted octanol–water partition coefficient (Wildman–Crippen LogP) is 2.94. The molecule has 1 unspecified atom stereocenters. The molecular formula is C21H24ClFN4O3.